The van der Waals surface area contributed by atoms with Gasteiger partial charge in [0.1, 0.15) is 0 Å². The number of aromatic nitrogens is 2. The van der Waals surface area contributed by atoms with Gasteiger partial charge in [-0.25, -0.2) is 4.98 Å². The van der Waals surface area contributed by atoms with E-state index in [-0.39, 0.29) is 5.91 Å². The standard InChI is InChI=1S/C15H21N3O2/c1-5-7-8-18(6-2)15(19)12-9-10(3)16-14-13(12)11(4)17-20-14/h9H,5-8H2,1-4H3. The van der Waals surface area contributed by atoms with Gasteiger partial charge in [0.25, 0.3) is 11.6 Å². The maximum absolute atomic E-state index is 12.7. The summed E-state index contributed by atoms with van der Waals surface area (Å²) in [7, 11) is 0. The fraction of sp³-hybridized carbons (Fsp3) is 0.533. The van der Waals surface area contributed by atoms with Crippen LogP contribution < -0.4 is 0 Å². The molecule has 0 fully saturated rings. The molecule has 0 bridgehead atoms. The molecule has 20 heavy (non-hydrogen) atoms. The van der Waals surface area contributed by atoms with Crippen molar-refractivity contribution in [2.75, 3.05) is 13.1 Å². The number of hydrogen-bond acceptors (Lipinski definition) is 4. The monoisotopic (exact) mass is 275 g/mol. The first-order chi connectivity index (χ1) is 9.58. The highest BCUT2D eigenvalue weighted by atomic mass is 16.5. The molecule has 0 radical (unpaired) electrons. The largest absolute Gasteiger partial charge is 0.339 e. The second-order valence-corrected chi connectivity index (χ2v) is 5.00. The van der Waals surface area contributed by atoms with Gasteiger partial charge in [0.05, 0.1) is 16.6 Å². The minimum Gasteiger partial charge on any atom is -0.339 e. The minimum absolute atomic E-state index is 0.0303. The summed E-state index contributed by atoms with van der Waals surface area (Å²) in [6.45, 7) is 9.29. The molecule has 0 aromatic carbocycles. The number of pyridine rings is 1. The van der Waals surface area contributed by atoms with Crippen molar-refractivity contribution in [3.63, 3.8) is 0 Å². The van der Waals surface area contributed by atoms with E-state index < -0.39 is 0 Å². The van der Waals surface area contributed by atoms with E-state index in [1.54, 1.807) is 0 Å². The van der Waals surface area contributed by atoms with Gasteiger partial charge >= 0.3 is 0 Å². The first-order valence-corrected chi connectivity index (χ1v) is 7.11. The normalized spacial score (nSPS) is 11.0. The van der Waals surface area contributed by atoms with Crippen LogP contribution in [0, 0.1) is 13.8 Å². The lowest BCUT2D eigenvalue weighted by atomic mass is 10.1. The smallest absolute Gasteiger partial charge is 0.258 e. The topological polar surface area (TPSA) is 59.2 Å². The Morgan fingerprint density at radius 1 is 1.35 bits per heavy atom. The van der Waals surface area contributed by atoms with Gasteiger partial charge in [0.2, 0.25) is 0 Å². The average Bonchev–Trinajstić information content (AvgIpc) is 2.80. The van der Waals surface area contributed by atoms with Crippen LogP contribution >= 0.6 is 0 Å². The lowest BCUT2D eigenvalue weighted by molar-refractivity contribution is 0.0764. The summed E-state index contributed by atoms with van der Waals surface area (Å²) in [6.07, 6.45) is 2.08. The van der Waals surface area contributed by atoms with E-state index in [2.05, 4.69) is 17.1 Å². The number of aryl methyl sites for hydroxylation is 2. The Labute approximate surface area is 119 Å². The highest BCUT2D eigenvalue weighted by Crippen LogP contribution is 2.23. The fourth-order valence-electron chi connectivity index (χ4n) is 2.31. The van der Waals surface area contributed by atoms with Gasteiger partial charge in [-0.1, -0.05) is 18.5 Å². The predicted molar refractivity (Wildman–Crippen MR) is 77.8 cm³/mol. The van der Waals surface area contributed by atoms with Crippen LogP contribution in [-0.4, -0.2) is 34.0 Å². The molecule has 5 nitrogen and oxygen atoms in total. The second-order valence-electron chi connectivity index (χ2n) is 5.00. The number of carbonyl (C=O) groups excluding carboxylic acids is 1. The summed E-state index contributed by atoms with van der Waals surface area (Å²) in [6, 6.07) is 1.82. The Hall–Kier alpha value is -1.91. The van der Waals surface area contributed by atoms with Gasteiger partial charge in [-0.05, 0) is 33.3 Å². The number of nitrogens with zero attached hydrogens (tertiary/aromatic N) is 3. The second kappa shape index (κ2) is 6.03. The van der Waals surface area contributed by atoms with Crippen molar-refractivity contribution in [3.8, 4) is 0 Å². The third-order valence-electron chi connectivity index (χ3n) is 3.43. The van der Waals surface area contributed by atoms with Gasteiger partial charge in [-0.2, -0.15) is 0 Å². The number of amides is 1. The molecule has 2 aromatic heterocycles. The molecule has 0 aliphatic rings. The minimum atomic E-state index is 0.0303. The molecule has 0 unspecified atom stereocenters. The van der Waals surface area contributed by atoms with Gasteiger partial charge in [0.15, 0.2) is 0 Å². The summed E-state index contributed by atoms with van der Waals surface area (Å²) in [4.78, 5) is 18.9. The molecule has 1 amide bonds. The molecular formula is C15H21N3O2. The number of rotatable bonds is 5. The highest BCUT2D eigenvalue weighted by molar-refractivity contribution is 6.06. The van der Waals surface area contributed by atoms with Crippen molar-refractivity contribution in [3.05, 3.63) is 23.0 Å². The Kier molecular flexibility index (Phi) is 4.37. The van der Waals surface area contributed by atoms with Crippen LogP contribution in [0.15, 0.2) is 10.6 Å². The zero-order valence-electron chi connectivity index (χ0n) is 12.6. The van der Waals surface area contributed by atoms with E-state index in [4.69, 9.17) is 4.52 Å². The molecule has 2 aromatic rings. The molecule has 5 heteroatoms. The third kappa shape index (κ3) is 2.66. The first kappa shape index (κ1) is 14.5. The SMILES string of the molecule is CCCCN(CC)C(=O)c1cc(C)nc2onc(C)c12. The third-order valence-corrected chi connectivity index (χ3v) is 3.43. The van der Waals surface area contributed by atoms with Gasteiger partial charge in [-0.3, -0.25) is 4.79 Å². The number of unbranched alkanes of at least 4 members (excludes halogenated alkanes) is 1. The Bertz CT molecular complexity index is 619. The zero-order valence-corrected chi connectivity index (χ0v) is 12.6. The molecule has 2 rings (SSSR count). The average molecular weight is 275 g/mol. The van der Waals surface area contributed by atoms with Crippen LogP contribution in [-0.2, 0) is 0 Å². The van der Waals surface area contributed by atoms with E-state index in [9.17, 15) is 4.79 Å². The Balaban J connectivity index is 2.45. The van der Waals surface area contributed by atoms with Crippen molar-refractivity contribution in [1.82, 2.24) is 15.0 Å². The Morgan fingerprint density at radius 3 is 2.75 bits per heavy atom. The molecule has 2 heterocycles. The molecular weight excluding hydrogens is 254 g/mol. The number of fused-ring (bicyclic) bond motifs is 1. The van der Waals surface area contributed by atoms with Crippen molar-refractivity contribution >= 4 is 17.0 Å². The summed E-state index contributed by atoms with van der Waals surface area (Å²) >= 11 is 0. The van der Waals surface area contributed by atoms with Crippen molar-refractivity contribution in [2.45, 2.75) is 40.5 Å². The van der Waals surface area contributed by atoms with Gasteiger partial charge < -0.3 is 9.42 Å². The lowest BCUT2D eigenvalue weighted by Gasteiger charge is -2.21. The summed E-state index contributed by atoms with van der Waals surface area (Å²) in [5.41, 5.74) is 2.56. The quantitative estimate of drug-likeness (QED) is 0.841. The summed E-state index contributed by atoms with van der Waals surface area (Å²) in [5, 5.41) is 4.65. The van der Waals surface area contributed by atoms with Crippen molar-refractivity contribution in [1.29, 1.82) is 0 Å². The molecule has 108 valence electrons. The van der Waals surface area contributed by atoms with E-state index in [0.717, 1.165) is 30.5 Å². The van der Waals surface area contributed by atoms with E-state index in [1.807, 2.05) is 31.7 Å². The van der Waals surface area contributed by atoms with Gasteiger partial charge in [-0.15, -0.1) is 0 Å². The van der Waals surface area contributed by atoms with E-state index in [0.29, 0.717) is 23.5 Å². The van der Waals surface area contributed by atoms with Crippen molar-refractivity contribution < 1.29 is 9.32 Å². The van der Waals surface area contributed by atoms with Crippen LogP contribution in [0.2, 0.25) is 0 Å². The Morgan fingerprint density at radius 2 is 2.10 bits per heavy atom. The number of carbonyl (C=O) groups is 1. The molecule has 0 saturated carbocycles. The first-order valence-electron chi connectivity index (χ1n) is 7.11. The molecule has 0 saturated heterocycles. The highest BCUT2D eigenvalue weighted by Gasteiger charge is 2.21. The van der Waals surface area contributed by atoms with E-state index >= 15 is 0 Å². The molecule has 0 atom stereocenters. The molecule has 0 spiro atoms. The van der Waals surface area contributed by atoms with Crippen LogP contribution in [0.1, 0.15) is 48.4 Å². The van der Waals surface area contributed by atoms with Crippen LogP contribution in [0.5, 0.6) is 0 Å². The lowest BCUT2D eigenvalue weighted by Crippen LogP contribution is -2.32. The molecule has 0 aliphatic heterocycles. The van der Waals surface area contributed by atoms with Crippen LogP contribution in [0.4, 0.5) is 0 Å². The van der Waals surface area contributed by atoms with E-state index in [1.165, 1.54) is 0 Å². The molecule has 0 aliphatic carbocycles. The van der Waals surface area contributed by atoms with Crippen molar-refractivity contribution in [2.24, 2.45) is 0 Å². The zero-order chi connectivity index (χ0) is 14.7. The fourth-order valence-corrected chi connectivity index (χ4v) is 2.31. The number of hydrogen-bond donors (Lipinski definition) is 0. The van der Waals surface area contributed by atoms with Crippen LogP contribution in [0.3, 0.4) is 0 Å². The van der Waals surface area contributed by atoms with Crippen LogP contribution in [0.25, 0.3) is 11.1 Å². The summed E-state index contributed by atoms with van der Waals surface area (Å²) < 4.78 is 5.18. The van der Waals surface area contributed by atoms with Gasteiger partial charge in [0, 0.05) is 18.8 Å². The predicted octanol–water partition coefficient (Wildman–Crippen LogP) is 3.10. The summed E-state index contributed by atoms with van der Waals surface area (Å²) in [5.74, 6) is 0.0303. The maximum Gasteiger partial charge on any atom is 0.258 e. The maximum atomic E-state index is 12.7. The molecule has 0 N–H and O–H groups in total.